The molecule has 5 nitrogen and oxygen atoms in total. The number of hydrogen-bond acceptors (Lipinski definition) is 3. The van der Waals surface area contributed by atoms with Gasteiger partial charge < -0.3 is 10.1 Å². The number of rotatable bonds is 5. The van der Waals surface area contributed by atoms with Crippen LogP contribution < -0.4 is 15.0 Å². The van der Waals surface area contributed by atoms with Crippen LogP contribution in [0.1, 0.15) is 11.1 Å². The summed E-state index contributed by atoms with van der Waals surface area (Å²) in [5.74, 6) is -1.30. The maximum atomic E-state index is 13.5. The number of anilines is 1. The van der Waals surface area contributed by atoms with E-state index in [1.54, 1.807) is 42.5 Å². The second kappa shape index (κ2) is 8.79. The minimum atomic E-state index is -0.514. The van der Waals surface area contributed by atoms with Crippen LogP contribution in [0.15, 0.2) is 78.6 Å². The van der Waals surface area contributed by atoms with Crippen molar-refractivity contribution in [3.05, 3.63) is 101 Å². The third-order valence-electron chi connectivity index (χ3n) is 4.68. The van der Waals surface area contributed by atoms with Crippen LogP contribution in [0.2, 0.25) is 0 Å². The number of benzene rings is 3. The number of ether oxygens (including phenoxy) is 1. The van der Waals surface area contributed by atoms with Gasteiger partial charge in [0.15, 0.2) is 11.5 Å². The Bertz CT molecular complexity index is 1160. The highest BCUT2D eigenvalue weighted by molar-refractivity contribution is 6.12. The predicted octanol–water partition coefficient (Wildman–Crippen LogP) is 4.05. The van der Waals surface area contributed by atoms with Gasteiger partial charge in [0.25, 0.3) is 5.91 Å². The first-order chi connectivity index (χ1) is 15.0. The summed E-state index contributed by atoms with van der Waals surface area (Å²) in [5.41, 5.74) is 1.65. The molecule has 0 saturated carbocycles. The first-order valence-corrected chi connectivity index (χ1v) is 9.57. The number of carbonyl (C=O) groups is 2. The summed E-state index contributed by atoms with van der Waals surface area (Å²) < 4.78 is 32.3. The van der Waals surface area contributed by atoms with Crippen LogP contribution in [0.3, 0.4) is 0 Å². The SMILES string of the molecule is O=C(CN1C(=O)C(=Cc2cccc(F)c2)Oc2ccccc21)NCc1ccc(F)cc1. The molecule has 0 aliphatic carbocycles. The van der Waals surface area contributed by atoms with Gasteiger partial charge in [-0.3, -0.25) is 14.5 Å². The van der Waals surface area contributed by atoms with Crippen molar-refractivity contribution < 1.29 is 23.1 Å². The van der Waals surface area contributed by atoms with Crippen LogP contribution in [0.25, 0.3) is 6.08 Å². The molecule has 1 N–H and O–H groups in total. The molecule has 0 bridgehead atoms. The molecule has 1 heterocycles. The summed E-state index contributed by atoms with van der Waals surface area (Å²) in [4.78, 5) is 26.9. The molecule has 4 rings (SSSR count). The van der Waals surface area contributed by atoms with Gasteiger partial charge in [-0.2, -0.15) is 0 Å². The first kappa shape index (κ1) is 20.3. The van der Waals surface area contributed by atoms with Crippen LogP contribution in [0.4, 0.5) is 14.5 Å². The maximum absolute atomic E-state index is 13.5. The Hall–Kier alpha value is -4.00. The average Bonchev–Trinajstić information content (AvgIpc) is 2.76. The van der Waals surface area contributed by atoms with E-state index in [-0.39, 0.29) is 30.6 Å². The van der Waals surface area contributed by atoms with Gasteiger partial charge in [0, 0.05) is 6.54 Å². The van der Waals surface area contributed by atoms with E-state index in [0.717, 1.165) is 5.56 Å². The Morgan fingerprint density at radius 2 is 1.74 bits per heavy atom. The zero-order valence-corrected chi connectivity index (χ0v) is 16.3. The number of hydrogen-bond donors (Lipinski definition) is 1. The van der Waals surface area contributed by atoms with E-state index < -0.39 is 11.7 Å². The fraction of sp³-hybridized carbons (Fsp3) is 0.0833. The first-order valence-electron chi connectivity index (χ1n) is 9.57. The van der Waals surface area contributed by atoms with Gasteiger partial charge in [-0.1, -0.05) is 36.4 Å². The number of fused-ring (bicyclic) bond motifs is 1. The Morgan fingerprint density at radius 3 is 2.52 bits per heavy atom. The molecule has 0 fully saturated rings. The van der Waals surface area contributed by atoms with Crippen molar-refractivity contribution in [1.82, 2.24) is 5.32 Å². The van der Waals surface area contributed by atoms with Crippen molar-refractivity contribution in [2.45, 2.75) is 6.54 Å². The number of carbonyl (C=O) groups excluding carboxylic acids is 2. The second-order valence-corrected chi connectivity index (χ2v) is 6.93. The number of amides is 2. The predicted molar refractivity (Wildman–Crippen MR) is 112 cm³/mol. The minimum absolute atomic E-state index is 0.0179. The van der Waals surface area contributed by atoms with Gasteiger partial charge in [0.05, 0.1) is 5.69 Å². The van der Waals surface area contributed by atoms with Gasteiger partial charge >= 0.3 is 0 Å². The standard InChI is InChI=1S/C24H18F2N2O3/c25-18-10-8-16(9-11-18)14-27-23(29)15-28-20-6-1-2-7-21(20)31-22(24(28)30)13-17-4-3-5-19(26)12-17/h1-13H,14-15H2,(H,27,29). The molecule has 0 aromatic heterocycles. The second-order valence-electron chi connectivity index (χ2n) is 6.93. The average molecular weight is 420 g/mol. The van der Waals surface area contributed by atoms with Gasteiger partial charge in [0.1, 0.15) is 18.2 Å². The molecule has 156 valence electrons. The van der Waals surface area contributed by atoms with E-state index >= 15 is 0 Å². The summed E-state index contributed by atoms with van der Waals surface area (Å²) in [6.45, 7) is -0.0355. The maximum Gasteiger partial charge on any atom is 0.294 e. The van der Waals surface area contributed by atoms with E-state index in [2.05, 4.69) is 5.32 Å². The van der Waals surface area contributed by atoms with Crippen molar-refractivity contribution in [2.24, 2.45) is 0 Å². The van der Waals surface area contributed by atoms with E-state index in [0.29, 0.717) is 17.0 Å². The molecule has 0 radical (unpaired) electrons. The van der Waals surface area contributed by atoms with E-state index in [4.69, 9.17) is 4.74 Å². The number of nitrogens with zero attached hydrogens (tertiary/aromatic N) is 1. The van der Waals surface area contributed by atoms with Crippen molar-refractivity contribution >= 4 is 23.6 Å². The van der Waals surface area contributed by atoms with Gasteiger partial charge in [-0.25, -0.2) is 8.78 Å². The van der Waals surface area contributed by atoms with Gasteiger partial charge in [-0.15, -0.1) is 0 Å². The van der Waals surface area contributed by atoms with Crippen LogP contribution in [0, 0.1) is 11.6 Å². The summed E-state index contributed by atoms with van der Waals surface area (Å²) >= 11 is 0. The normalized spacial score (nSPS) is 14.2. The number of para-hydroxylation sites is 2. The Morgan fingerprint density at radius 1 is 0.968 bits per heavy atom. The van der Waals surface area contributed by atoms with Crippen LogP contribution in [0.5, 0.6) is 5.75 Å². The third kappa shape index (κ3) is 4.78. The lowest BCUT2D eigenvalue weighted by Gasteiger charge is -2.30. The van der Waals surface area contributed by atoms with Gasteiger partial charge in [-0.05, 0) is 53.6 Å². The van der Waals surface area contributed by atoms with E-state index in [1.165, 1.54) is 41.3 Å². The fourth-order valence-electron chi connectivity index (χ4n) is 3.17. The quantitative estimate of drug-likeness (QED) is 0.634. The van der Waals surface area contributed by atoms with E-state index in [1.807, 2.05) is 0 Å². The van der Waals surface area contributed by atoms with E-state index in [9.17, 15) is 18.4 Å². The zero-order chi connectivity index (χ0) is 21.8. The Kier molecular flexibility index (Phi) is 5.75. The molecular weight excluding hydrogens is 402 g/mol. The van der Waals surface area contributed by atoms with Gasteiger partial charge in [0.2, 0.25) is 5.91 Å². The topological polar surface area (TPSA) is 58.6 Å². The molecule has 7 heteroatoms. The lowest BCUT2D eigenvalue weighted by atomic mass is 10.1. The fourth-order valence-corrected chi connectivity index (χ4v) is 3.17. The molecule has 3 aromatic carbocycles. The molecule has 3 aromatic rings. The Balaban J connectivity index is 1.54. The number of nitrogens with one attached hydrogen (secondary N) is 1. The van der Waals surface area contributed by atoms with Crippen molar-refractivity contribution in [1.29, 1.82) is 0 Å². The van der Waals surface area contributed by atoms with Crippen molar-refractivity contribution in [2.75, 3.05) is 11.4 Å². The molecule has 0 spiro atoms. The molecule has 0 atom stereocenters. The molecule has 0 saturated heterocycles. The largest absolute Gasteiger partial charge is 0.449 e. The lowest BCUT2D eigenvalue weighted by molar-refractivity contribution is -0.123. The summed E-state index contributed by atoms with van der Waals surface area (Å²) in [7, 11) is 0. The molecule has 31 heavy (non-hydrogen) atoms. The molecule has 1 aliphatic heterocycles. The molecular formula is C24H18F2N2O3. The number of halogens is 2. The van der Waals surface area contributed by atoms with Crippen molar-refractivity contribution in [3.63, 3.8) is 0 Å². The lowest BCUT2D eigenvalue weighted by Crippen LogP contribution is -2.44. The summed E-state index contributed by atoms with van der Waals surface area (Å²) in [5, 5.41) is 2.72. The zero-order valence-electron chi connectivity index (χ0n) is 16.3. The highest BCUT2D eigenvalue weighted by Crippen LogP contribution is 2.35. The smallest absolute Gasteiger partial charge is 0.294 e. The molecule has 2 amide bonds. The molecule has 1 aliphatic rings. The Labute approximate surface area is 177 Å². The highest BCUT2D eigenvalue weighted by Gasteiger charge is 2.31. The van der Waals surface area contributed by atoms with Crippen LogP contribution >= 0.6 is 0 Å². The monoisotopic (exact) mass is 420 g/mol. The summed E-state index contributed by atoms with van der Waals surface area (Å²) in [6.07, 6.45) is 1.44. The third-order valence-corrected chi connectivity index (χ3v) is 4.68. The molecule has 0 unspecified atom stereocenters. The highest BCUT2D eigenvalue weighted by atomic mass is 19.1. The minimum Gasteiger partial charge on any atom is -0.449 e. The summed E-state index contributed by atoms with van der Waals surface area (Å²) in [6, 6.07) is 18.4. The van der Waals surface area contributed by atoms with Crippen LogP contribution in [-0.2, 0) is 16.1 Å². The van der Waals surface area contributed by atoms with Crippen molar-refractivity contribution in [3.8, 4) is 5.75 Å². The van der Waals surface area contributed by atoms with Crippen LogP contribution in [-0.4, -0.2) is 18.4 Å².